The fourth-order valence-corrected chi connectivity index (χ4v) is 4.33. The van der Waals surface area contributed by atoms with Crippen LogP contribution in [0, 0.1) is 5.92 Å². The van der Waals surface area contributed by atoms with Crippen LogP contribution in [-0.4, -0.2) is 53.7 Å². The molecule has 5 atom stereocenters. The molecule has 0 aliphatic carbocycles. The lowest BCUT2D eigenvalue weighted by atomic mass is 9.86. The van der Waals surface area contributed by atoms with Gasteiger partial charge in [-0.15, -0.1) is 0 Å². The van der Waals surface area contributed by atoms with Gasteiger partial charge in [0.1, 0.15) is 5.92 Å². The predicted molar refractivity (Wildman–Crippen MR) is 111 cm³/mol. The zero-order chi connectivity index (χ0) is 21.2. The highest BCUT2D eigenvalue weighted by Crippen LogP contribution is 2.40. The number of hydrogen-bond acceptors (Lipinski definition) is 5. The maximum Gasteiger partial charge on any atom is 0.313 e. The van der Waals surface area contributed by atoms with Gasteiger partial charge in [0.25, 0.3) is 0 Å². The molecule has 6 nitrogen and oxygen atoms in total. The highest BCUT2D eigenvalue weighted by atomic mass is 16.5. The zero-order valence-electron chi connectivity index (χ0n) is 17.9. The monoisotopic (exact) mass is 400 g/mol. The van der Waals surface area contributed by atoms with Gasteiger partial charge in [-0.05, 0) is 32.8 Å². The zero-order valence-corrected chi connectivity index (χ0v) is 17.9. The van der Waals surface area contributed by atoms with Crippen molar-refractivity contribution in [1.82, 2.24) is 10.2 Å². The topological polar surface area (TPSA) is 67.9 Å². The Hall–Kier alpha value is -2.18. The second-order valence-electron chi connectivity index (χ2n) is 8.81. The minimum absolute atomic E-state index is 0.0358. The Labute approximate surface area is 173 Å². The van der Waals surface area contributed by atoms with E-state index in [1.54, 1.807) is 0 Å². The lowest BCUT2D eigenvalue weighted by Crippen LogP contribution is -2.58. The van der Waals surface area contributed by atoms with Crippen LogP contribution in [-0.2, 0) is 25.6 Å². The summed E-state index contributed by atoms with van der Waals surface area (Å²) in [5.74, 6) is -0.780. The minimum Gasteiger partial charge on any atom is -0.469 e. The van der Waals surface area contributed by atoms with Crippen molar-refractivity contribution >= 4 is 11.9 Å². The Kier molecular flexibility index (Phi) is 6.44. The molecule has 1 N–H and O–H groups in total. The van der Waals surface area contributed by atoms with E-state index >= 15 is 0 Å². The maximum absolute atomic E-state index is 13.2. The second kappa shape index (κ2) is 8.67. The van der Waals surface area contributed by atoms with Crippen molar-refractivity contribution in [3.8, 4) is 0 Å². The lowest BCUT2D eigenvalue weighted by molar-refractivity contribution is -0.149. The van der Waals surface area contributed by atoms with Crippen LogP contribution in [0.2, 0.25) is 0 Å². The molecule has 1 fully saturated rings. The van der Waals surface area contributed by atoms with Crippen LogP contribution in [0.3, 0.4) is 0 Å². The number of methoxy groups -OCH3 is 1. The summed E-state index contributed by atoms with van der Waals surface area (Å²) in [5.41, 5.74) is 0.750. The van der Waals surface area contributed by atoms with Gasteiger partial charge in [0.15, 0.2) is 0 Å². The Morgan fingerprint density at radius 1 is 1.17 bits per heavy atom. The quantitative estimate of drug-likeness (QED) is 0.563. The van der Waals surface area contributed by atoms with Crippen LogP contribution in [0.5, 0.6) is 0 Å². The van der Waals surface area contributed by atoms with Crippen LogP contribution in [0.1, 0.15) is 39.7 Å². The first-order valence-electron chi connectivity index (χ1n) is 10.3. The van der Waals surface area contributed by atoms with Gasteiger partial charge in [-0.1, -0.05) is 49.4 Å². The molecule has 0 radical (unpaired) electrons. The van der Waals surface area contributed by atoms with Crippen molar-refractivity contribution in [2.24, 2.45) is 5.92 Å². The molecule has 6 heteroatoms. The molecule has 2 aliphatic heterocycles. The fourth-order valence-electron chi connectivity index (χ4n) is 4.33. The molecular weight excluding hydrogens is 368 g/mol. The number of carbonyl (C=O) groups excluding carboxylic acids is 2. The molecule has 0 aromatic heterocycles. The van der Waals surface area contributed by atoms with Gasteiger partial charge in [-0.2, -0.15) is 0 Å². The summed E-state index contributed by atoms with van der Waals surface area (Å²) >= 11 is 0. The first-order valence-corrected chi connectivity index (χ1v) is 10.3. The van der Waals surface area contributed by atoms with Crippen LogP contribution in [0.15, 0.2) is 42.5 Å². The number of amides is 1. The predicted octanol–water partition coefficient (Wildman–Crippen LogP) is 2.68. The summed E-state index contributed by atoms with van der Waals surface area (Å²) < 4.78 is 11.1. The van der Waals surface area contributed by atoms with Crippen molar-refractivity contribution in [2.45, 2.75) is 70.5 Å². The molecular formula is C23H32N2O4. The van der Waals surface area contributed by atoms with Gasteiger partial charge in [-0.25, -0.2) is 0 Å². The molecule has 3 rings (SSSR count). The van der Waals surface area contributed by atoms with E-state index in [2.05, 4.69) is 10.2 Å². The van der Waals surface area contributed by atoms with Crippen LogP contribution in [0.25, 0.3) is 0 Å². The van der Waals surface area contributed by atoms with Crippen LogP contribution >= 0.6 is 0 Å². The van der Waals surface area contributed by atoms with Crippen molar-refractivity contribution in [3.05, 3.63) is 48.0 Å². The largest absolute Gasteiger partial charge is 0.469 e. The first kappa shape index (κ1) is 21.5. The number of rotatable bonds is 7. The number of ether oxygens (including phenoxy) is 2. The van der Waals surface area contributed by atoms with Crippen molar-refractivity contribution in [2.75, 3.05) is 7.11 Å². The lowest BCUT2D eigenvalue weighted by Gasteiger charge is -2.40. The summed E-state index contributed by atoms with van der Waals surface area (Å²) in [6.07, 6.45) is 4.02. The van der Waals surface area contributed by atoms with Crippen molar-refractivity contribution in [1.29, 1.82) is 0 Å². The minimum atomic E-state index is -0.449. The average Bonchev–Trinajstić information content (AvgIpc) is 3.28. The van der Waals surface area contributed by atoms with Gasteiger partial charge >= 0.3 is 5.97 Å². The number of nitrogens with zero attached hydrogens (tertiary/aromatic N) is 1. The molecule has 1 aromatic carbocycles. The number of nitrogens with one attached hydrogen (secondary N) is 1. The average molecular weight is 401 g/mol. The van der Waals surface area contributed by atoms with E-state index in [1.807, 2.05) is 70.2 Å². The molecule has 1 amide bonds. The summed E-state index contributed by atoms with van der Waals surface area (Å²) in [7, 11) is 1.40. The third-order valence-corrected chi connectivity index (χ3v) is 5.52. The van der Waals surface area contributed by atoms with Gasteiger partial charge in [0, 0.05) is 12.1 Å². The molecule has 1 unspecified atom stereocenters. The highest BCUT2D eigenvalue weighted by Gasteiger charge is 2.54. The summed E-state index contributed by atoms with van der Waals surface area (Å²) in [6.45, 7) is 8.47. The Bertz CT molecular complexity index is 756. The second-order valence-corrected chi connectivity index (χ2v) is 8.81. The smallest absolute Gasteiger partial charge is 0.313 e. The van der Waals surface area contributed by atoms with Crippen molar-refractivity contribution in [3.63, 3.8) is 0 Å². The number of esters is 1. The van der Waals surface area contributed by atoms with E-state index < -0.39 is 5.92 Å². The molecule has 2 aliphatic rings. The Morgan fingerprint density at radius 2 is 1.83 bits per heavy atom. The summed E-state index contributed by atoms with van der Waals surface area (Å²) in [6, 6.07) is 9.38. The third-order valence-electron chi connectivity index (χ3n) is 5.52. The van der Waals surface area contributed by atoms with Gasteiger partial charge in [0.05, 0.1) is 31.4 Å². The van der Waals surface area contributed by atoms with E-state index in [9.17, 15) is 9.59 Å². The molecule has 2 bridgehead atoms. The number of carbonyl (C=O) groups is 2. The Morgan fingerprint density at radius 3 is 2.41 bits per heavy atom. The van der Waals surface area contributed by atoms with E-state index in [4.69, 9.17) is 9.47 Å². The highest BCUT2D eigenvalue weighted by molar-refractivity contribution is 5.83. The van der Waals surface area contributed by atoms with E-state index in [-0.39, 0.29) is 41.7 Å². The van der Waals surface area contributed by atoms with E-state index in [0.717, 1.165) is 5.56 Å². The number of hydrogen-bond donors (Lipinski definition) is 1. The summed E-state index contributed by atoms with van der Waals surface area (Å²) in [5, 5.41) is 3.11. The van der Waals surface area contributed by atoms with E-state index in [0.29, 0.717) is 13.0 Å². The maximum atomic E-state index is 13.2. The number of benzene rings is 1. The fraction of sp³-hybridized carbons (Fsp3) is 0.565. The number of fused-ring (bicyclic) bond motifs is 2. The van der Waals surface area contributed by atoms with Gasteiger partial charge in [0.2, 0.25) is 5.91 Å². The van der Waals surface area contributed by atoms with Gasteiger partial charge < -0.3 is 14.8 Å². The van der Waals surface area contributed by atoms with Crippen LogP contribution < -0.4 is 5.32 Å². The standard InChI is InChI=1S/C23H32N2O4/c1-6-16(21(26)24-23(2,3)4)25(14-15-10-8-7-9-11-15)20-18-13-12-17(29-18)19(20)22(27)28-5/h7-13,16-20H,6,14H2,1-5H3,(H,24,26)/t16?,17-,18+,19-,20-/m1/s1. The molecule has 0 spiro atoms. The molecule has 0 saturated carbocycles. The van der Waals surface area contributed by atoms with Crippen molar-refractivity contribution < 1.29 is 19.1 Å². The van der Waals surface area contributed by atoms with Crippen LogP contribution in [0.4, 0.5) is 0 Å². The molecule has 2 heterocycles. The van der Waals surface area contributed by atoms with Gasteiger partial charge in [-0.3, -0.25) is 14.5 Å². The Balaban J connectivity index is 1.97. The molecule has 158 valence electrons. The molecule has 1 aromatic rings. The SMILES string of the molecule is CCC(C(=O)NC(C)(C)C)N(Cc1ccccc1)[C@H]1[C@H](C(=O)OC)[C@H]2C=C[C@@H]1O2. The molecule has 29 heavy (non-hydrogen) atoms. The molecule has 1 saturated heterocycles. The normalized spacial score (nSPS) is 26.6. The third kappa shape index (κ3) is 4.70. The first-order chi connectivity index (χ1) is 13.7. The van der Waals surface area contributed by atoms with E-state index in [1.165, 1.54) is 7.11 Å². The summed E-state index contributed by atoms with van der Waals surface area (Å²) in [4.78, 5) is 28.0.